The zero-order chi connectivity index (χ0) is 15.9. The monoisotopic (exact) mass is 298 g/mol. The van der Waals surface area contributed by atoms with Gasteiger partial charge < -0.3 is 19.7 Å². The van der Waals surface area contributed by atoms with Crippen molar-refractivity contribution in [1.82, 2.24) is 10.2 Å². The SMILES string of the molecule is CC(CNCC1CCC=CO1)CN(C)C(=O)OC(C)(C)C. The minimum Gasteiger partial charge on any atom is -0.497 e. The molecular weight excluding hydrogens is 268 g/mol. The molecule has 0 aromatic heterocycles. The van der Waals surface area contributed by atoms with Crippen molar-refractivity contribution in [2.75, 3.05) is 26.7 Å². The van der Waals surface area contributed by atoms with E-state index in [-0.39, 0.29) is 12.2 Å². The molecule has 0 spiro atoms. The maximum atomic E-state index is 11.9. The molecule has 0 bridgehead atoms. The van der Waals surface area contributed by atoms with Crippen LogP contribution >= 0.6 is 0 Å². The highest BCUT2D eigenvalue weighted by Gasteiger charge is 2.20. The first kappa shape index (κ1) is 17.8. The third-order valence-corrected chi connectivity index (χ3v) is 3.18. The van der Waals surface area contributed by atoms with E-state index in [9.17, 15) is 4.79 Å². The van der Waals surface area contributed by atoms with Gasteiger partial charge >= 0.3 is 6.09 Å². The maximum absolute atomic E-state index is 11.9. The van der Waals surface area contributed by atoms with Crippen molar-refractivity contribution in [2.45, 2.75) is 52.2 Å². The molecule has 1 heterocycles. The summed E-state index contributed by atoms with van der Waals surface area (Å²) in [5, 5.41) is 3.41. The summed E-state index contributed by atoms with van der Waals surface area (Å²) in [5.41, 5.74) is -0.446. The highest BCUT2D eigenvalue weighted by atomic mass is 16.6. The van der Waals surface area contributed by atoms with Crippen LogP contribution in [0.2, 0.25) is 0 Å². The Hall–Kier alpha value is -1.23. The molecule has 122 valence electrons. The number of carbonyl (C=O) groups excluding carboxylic acids is 1. The third kappa shape index (κ3) is 7.95. The van der Waals surface area contributed by atoms with E-state index >= 15 is 0 Å². The van der Waals surface area contributed by atoms with Crippen LogP contribution in [0.5, 0.6) is 0 Å². The van der Waals surface area contributed by atoms with Gasteiger partial charge in [-0.25, -0.2) is 4.79 Å². The number of nitrogens with one attached hydrogen (secondary N) is 1. The Balaban J connectivity index is 2.18. The van der Waals surface area contributed by atoms with Gasteiger partial charge in [0.2, 0.25) is 0 Å². The molecule has 0 saturated carbocycles. The predicted octanol–water partition coefficient (Wildman–Crippen LogP) is 2.77. The van der Waals surface area contributed by atoms with Crippen LogP contribution in [0.3, 0.4) is 0 Å². The van der Waals surface area contributed by atoms with Crippen molar-refractivity contribution in [1.29, 1.82) is 0 Å². The zero-order valence-corrected chi connectivity index (χ0v) is 14.0. The minimum absolute atomic E-state index is 0.268. The van der Waals surface area contributed by atoms with E-state index in [4.69, 9.17) is 9.47 Å². The largest absolute Gasteiger partial charge is 0.497 e. The molecule has 21 heavy (non-hydrogen) atoms. The van der Waals surface area contributed by atoms with Crippen LogP contribution in [0.25, 0.3) is 0 Å². The molecule has 2 unspecified atom stereocenters. The van der Waals surface area contributed by atoms with Crippen molar-refractivity contribution in [3.8, 4) is 0 Å². The van der Waals surface area contributed by atoms with Crippen LogP contribution in [-0.4, -0.2) is 49.4 Å². The molecule has 1 aliphatic heterocycles. The Bertz CT molecular complexity index is 350. The van der Waals surface area contributed by atoms with E-state index in [2.05, 4.69) is 18.3 Å². The van der Waals surface area contributed by atoms with Gasteiger partial charge in [0.1, 0.15) is 11.7 Å². The lowest BCUT2D eigenvalue weighted by Crippen LogP contribution is -2.39. The standard InChI is InChI=1S/C16H30N2O3/c1-13(10-17-11-14-8-6-7-9-20-14)12-18(5)15(19)21-16(2,3)4/h7,9,13-14,17H,6,8,10-12H2,1-5H3. The van der Waals surface area contributed by atoms with Crippen LogP contribution in [0.1, 0.15) is 40.5 Å². The number of allylic oxidation sites excluding steroid dienone is 1. The average molecular weight is 298 g/mol. The Morgan fingerprint density at radius 3 is 2.81 bits per heavy atom. The summed E-state index contributed by atoms with van der Waals surface area (Å²) in [6, 6.07) is 0. The van der Waals surface area contributed by atoms with Crippen molar-refractivity contribution in [3.05, 3.63) is 12.3 Å². The highest BCUT2D eigenvalue weighted by Crippen LogP contribution is 2.11. The van der Waals surface area contributed by atoms with E-state index in [1.165, 1.54) is 0 Å². The molecule has 0 aliphatic carbocycles. The minimum atomic E-state index is -0.446. The van der Waals surface area contributed by atoms with Crippen molar-refractivity contribution < 1.29 is 14.3 Å². The molecule has 0 aromatic rings. The summed E-state index contributed by atoms with van der Waals surface area (Å²) in [5.74, 6) is 0.363. The van der Waals surface area contributed by atoms with E-state index in [0.29, 0.717) is 12.5 Å². The predicted molar refractivity (Wildman–Crippen MR) is 84.1 cm³/mol. The fraction of sp³-hybridized carbons (Fsp3) is 0.812. The lowest BCUT2D eigenvalue weighted by atomic mass is 10.1. The van der Waals surface area contributed by atoms with Crippen LogP contribution in [0, 0.1) is 5.92 Å². The van der Waals surface area contributed by atoms with Gasteiger partial charge in [-0.15, -0.1) is 0 Å². The number of amides is 1. The number of carbonyl (C=O) groups is 1. The summed E-state index contributed by atoms with van der Waals surface area (Å²) in [6.07, 6.45) is 5.99. The second-order valence-corrected chi connectivity index (χ2v) is 6.83. The Kier molecular flexibility index (Phi) is 7.02. The quantitative estimate of drug-likeness (QED) is 0.819. The van der Waals surface area contributed by atoms with Gasteiger partial charge in [-0.1, -0.05) is 6.92 Å². The number of hydrogen-bond donors (Lipinski definition) is 1. The van der Waals surface area contributed by atoms with Crippen LogP contribution in [-0.2, 0) is 9.47 Å². The van der Waals surface area contributed by atoms with E-state index in [1.807, 2.05) is 20.8 Å². The number of rotatable bonds is 6. The zero-order valence-electron chi connectivity index (χ0n) is 14.0. The summed E-state index contributed by atoms with van der Waals surface area (Å²) < 4.78 is 10.8. The summed E-state index contributed by atoms with van der Waals surface area (Å²) in [7, 11) is 1.78. The molecule has 1 rings (SSSR count). The number of nitrogens with zero attached hydrogens (tertiary/aromatic N) is 1. The fourth-order valence-corrected chi connectivity index (χ4v) is 2.17. The Morgan fingerprint density at radius 2 is 2.24 bits per heavy atom. The molecule has 0 fully saturated rings. The van der Waals surface area contributed by atoms with Crippen molar-refractivity contribution in [3.63, 3.8) is 0 Å². The first-order chi connectivity index (χ1) is 9.78. The lowest BCUT2D eigenvalue weighted by molar-refractivity contribution is 0.0275. The summed E-state index contributed by atoms with van der Waals surface area (Å²) >= 11 is 0. The first-order valence-electron chi connectivity index (χ1n) is 7.73. The number of ether oxygens (including phenoxy) is 2. The van der Waals surface area contributed by atoms with E-state index in [1.54, 1.807) is 18.2 Å². The maximum Gasteiger partial charge on any atom is 0.410 e. The number of hydrogen-bond acceptors (Lipinski definition) is 4. The van der Waals surface area contributed by atoms with Gasteiger partial charge in [0.05, 0.1) is 6.26 Å². The Morgan fingerprint density at radius 1 is 1.52 bits per heavy atom. The lowest BCUT2D eigenvalue weighted by Gasteiger charge is -2.27. The van der Waals surface area contributed by atoms with Gasteiger partial charge in [0.15, 0.2) is 0 Å². The fourth-order valence-electron chi connectivity index (χ4n) is 2.17. The molecule has 5 nitrogen and oxygen atoms in total. The molecule has 0 radical (unpaired) electrons. The van der Waals surface area contributed by atoms with E-state index in [0.717, 1.165) is 25.9 Å². The second-order valence-electron chi connectivity index (χ2n) is 6.83. The molecule has 0 saturated heterocycles. The van der Waals surface area contributed by atoms with Gasteiger partial charge in [0.25, 0.3) is 0 Å². The molecule has 0 aromatic carbocycles. The average Bonchev–Trinajstić information content (AvgIpc) is 2.37. The van der Waals surface area contributed by atoms with Crippen LogP contribution in [0.15, 0.2) is 12.3 Å². The molecule has 1 N–H and O–H groups in total. The molecular formula is C16H30N2O3. The molecule has 1 aliphatic rings. The van der Waals surface area contributed by atoms with Gasteiger partial charge in [-0.05, 0) is 52.2 Å². The Labute approximate surface area is 128 Å². The summed E-state index contributed by atoms with van der Waals surface area (Å²) in [6.45, 7) is 10.1. The first-order valence-corrected chi connectivity index (χ1v) is 7.73. The normalized spacial score (nSPS) is 19.8. The molecule has 5 heteroatoms. The topological polar surface area (TPSA) is 50.8 Å². The van der Waals surface area contributed by atoms with Gasteiger partial charge in [-0.3, -0.25) is 0 Å². The van der Waals surface area contributed by atoms with E-state index < -0.39 is 5.60 Å². The third-order valence-electron chi connectivity index (χ3n) is 3.18. The van der Waals surface area contributed by atoms with Crippen LogP contribution < -0.4 is 5.32 Å². The van der Waals surface area contributed by atoms with Crippen LogP contribution in [0.4, 0.5) is 4.79 Å². The van der Waals surface area contributed by atoms with Gasteiger partial charge in [-0.2, -0.15) is 0 Å². The second kappa shape index (κ2) is 8.27. The summed E-state index contributed by atoms with van der Waals surface area (Å²) in [4.78, 5) is 13.5. The van der Waals surface area contributed by atoms with Crippen molar-refractivity contribution >= 4 is 6.09 Å². The molecule has 1 amide bonds. The van der Waals surface area contributed by atoms with Crippen molar-refractivity contribution in [2.24, 2.45) is 5.92 Å². The highest BCUT2D eigenvalue weighted by molar-refractivity contribution is 5.67. The van der Waals surface area contributed by atoms with Gasteiger partial charge in [0, 0.05) is 20.1 Å². The molecule has 2 atom stereocenters. The smallest absolute Gasteiger partial charge is 0.410 e.